The minimum atomic E-state index is -5.60. The predicted octanol–water partition coefficient (Wildman–Crippen LogP) is 4.02. The Balaban J connectivity index is 0.775. The van der Waals surface area contributed by atoms with E-state index in [1.807, 2.05) is 6.08 Å². The number of imidazole rings is 1. The molecule has 12 N–H and O–H groups in total. The first-order chi connectivity index (χ1) is 36.4. The summed E-state index contributed by atoms with van der Waals surface area (Å²) in [6.45, 7) is 9.48. The van der Waals surface area contributed by atoms with Crippen molar-refractivity contribution in [3.8, 4) is 0 Å². The third kappa shape index (κ3) is 14.5. The summed E-state index contributed by atoms with van der Waals surface area (Å²) in [5.74, 6) is 1.56. The van der Waals surface area contributed by atoms with Crippen LogP contribution >= 0.6 is 35.2 Å². The highest BCUT2D eigenvalue weighted by molar-refractivity contribution is 8.14. The van der Waals surface area contributed by atoms with E-state index in [1.165, 1.54) is 20.3 Å². The van der Waals surface area contributed by atoms with Crippen molar-refractivity contribution in [2.24, 2.45) is 51.8 Å². The van der Waals surface area contributed by atoms with Gasteiger partial charge in [0, 0.05) is 30.7 Å². The Morgan fingerprint density at radius 1 is 0.962 bits per heavy atom. The number of aliphatic hydroxyl groups excluding tert-OH is 4. The molecule has 5 fully saturated rings. The molecule has 0 aromatic carbocycles. The number of anilines is 1. The number of carbonyl (C=O) groups excluding carboxylic acids is 3. The lowest BCUT2D eigenvalue weighted by atomic mass is 9.43. The van der Waals surface area contributed by atoms with Crippen LogP contribution in [-0.2, 0) is 50.7 Å². The normalized spacial score (nSPS) is 33.7. The number of nitrogen functional groups attached to an aromatic ring is 1. The molecule has 0 spiro atoms. The largest absolute Gasteiger partial charge is 0.481 e. The summed E-state index contributed by atoms with van der Waals surface area (Å²) in [5.41, 5.74) is 5.28. The van der Waals surface area contributed by atoms with Crippen LogP contribution in [0.3, 0.4) is 0 Å². The summed E-state index contributed by atoms with van der Waals surface area (Å²) in [4.78, 5) is 89.8. The number of nitrogens with one attached hydrogen (secondary N) is 2. The van der Waals surface area contributed by atoms with Crippen molar-refractivity contribution in [2.75, 3.05) is 37.8 Å². The Morgan fingerprint density at radius 3 is 2.37 bits per heavy atom. The fourth-order valence-electron chi connectivity index (χ4n) is 13.4. The number of aromatic nitrogens is 4. The van der Waals surface area contributed by atoms with Gasteiger partial charge in [-0.2, -0.15) is 4.31 Å². The molecule has 26 nitrogen and oxygen atoms in total. The van der Waals surface area contributed by atoms with Crippen molar-refractivity contribution in [1.29, 1.82) is 0 Å². The van der Waals surface area contributed by atoms with Gasteiger partial charge in [0.1, 0.15) is 36.3 Å². The van der Waals surface area contributed by atoms with Gasteiger partial charge in [0.15, 0.2) is 17.7 Å². The van der Waals surface area contributed by atoms with E-state index in [0.29, 0.717) is 46.8 Å². The highest BCUT2D eigenvalue weighted by Gasteiger charge is 2.63. The van der Waals surface area contributed by atoms with Crippen molar-refractivity contribution in [1.82, 2.24) is 30.2 Å². The number of carbonyl (C=O) groups is 3. The van der Waals surface area contributed by atoms with E-state index in [0.717, 1.165) is 86.8 Å². The van der Waals surface area contributed by atoms with E-state index in [9.17, 15) is 68.1 Å². The first-order valence-electron chi connectivity index (χ1n) is 26.5. The second kappa shape index (κ2) is 25.0. The number of fused-ring (bicyclic) bond motifs is 6. The molecule has 7 rings (SSSR count). The Kier molecular flexibility index (Phi) is 20.1. The minimum absolute atomic E-state index is 0.0280. The lowest BCUT2D eigenvalue weighted by Gasteiger charge is -2.62. The summed E-state index contributed by atoms with van der Waals surface area (Å²) in [6, 6.07) is 0. The molecule has 1 aliphatic heterocycles. The number of phosphoric ester groups is 3. The van der Waals surface area contributed by atoms with Gasteiger partial charge in [0.2, 0.25) is 16.9 Å². The minimum Gasteiger partial charge on any atom is -0.393 e. The topological polar surface area (TPSA) is 404 Å². The first-order valence-corrected chi connectivity index (χ1v) is 32.0. The molecule has 0 radical (unpaired) electrons. The van der Waals surface area contributed by atoms with Gasteiger partial charge >= 0.3 is 23.5 Å². The van der Waals surface area contributed by atoms with E-state index < -0.39 is 84.6 Å². The maximum atomic E-state index is 13.0. The van der Waals surface area contributed by atoms with Crippen LogP contribution in [0.4, 0.5) is 5.82 Å². The van der Waals surface area contributed by atoms with Crippen molar-refractivity contribution in [3.05, 3.63) is 24.3 Å². The zero-order valence-electron chi connectivity index (χ0n) is 44.7. The number of phosphoric acid groups is 3. The monoisotopic (exact) mass is 1180 g/mol. The van der Waals surface area contributed by atoms with Crippen molar-refractivity contribution >= 4 is 69.1 Å². The number of nitrogens with zero attached hydrogens (tertiary/aromatic N) is 4. The molecule has 4 aliphatic carbocycles. The molecule has 17 atom stereocenters. The predicted molar refractivity (Wildman–Crippen MR) is 282 cm³/mol. The first kappa shape index (κ1) is 62.8. The molecule has 2 aromatic rings. The summed E-state index contributed by atoms with van der Waals surface area (Å²) >= 11 is 1.09. The number of hydrogen-bond donors (Lipinski definition) is 11. The Labute approximate surface area is 457 Å². The smallest absolute Gasteiger partial charge is 0.393 e. The maximum Gasteiger partial charge on any atom is 0.481 e. The lowest BCUT2D eigenvalue weighted by molar-refractivity contribution is -0.174. The lowest BCUT2D eigenvalue weighted by Crippen LogP contribution is -2.58. The Morgan fingerprint density at radius 2 is 1.65 bits per heavy atom. The molecular formula is C48H78N7O19P3S. The van der Waals surface area contributed by atoms with Crippen LogP contribution in [0.5, 0.6) is 0 Å². The number of rotatable bonds is 24. The molecule has 78 heavy (non-hydrogen) atoms. The van der Waals surface area contributed by atoms with Gasteiger partial charge in [-0.05, 0) is 123 Å². The van der Waals surface area contributed by atoms with Gasteiger partial charge in [-0.25, -0.2) is 28.6 Å². The SMILES string of the molecule is C/C(=C\CC[C@@H](C)[C@H]1CC[C@H]2[C@@H]3[C@H](O)C[C@@H]4C[C@H](O)CC[C@]4(C)[C@H]3CC[C@]12C)C(=O)SCCNC(=O)CCNC(=O)[C@H](O)C(C)(C)COP(=O)(O)OP(=O)(O)OC[C@H]1O[C@@H](n2cnc3c(N)ncnc32)C(O)[C@H]1OP(=O)(O)O. The molecule has 4 saturated carbocycles. The van der Waals surface area contributed by atoms with Crippen LogP contribution in [0, 0.1) is 51.8 Å². The standard InChI is InChI=1S/C48H78N7O19P3S/c1-26(30-10-11-31-36-32(13-16-48(30,31)6)47(5)15-12-29(56)20-28(47)21-33(36)57)8-7-9-27(2)45(62)78-19-18-50-35(58)14-17-51-43(61)40(60)46(3,4)23-71-77(68,69)74-76(66,67)70-22-34-39(73-75(63,64)65)38(59)44(72-34)55-25-54-37-41(49)52-24-53-42(37)55/h9,24-26,28-34,36,38-40,44,56-57,59-60H,7-8,10-23H2,1-6H3,(H,50,58)(H,51,61)(H,66,67)(H,68,69)(H2,49,52,53)(H2,63,64,65)/b27-9+/t26-,28+,29-,30-,31+,32+,33-,34-,36+,38?,39+,40+,44-,47+,48-/m1/s1. The molecular weight excluding hydrogens is 1100 g/mol. The van der Waals surface area contributed by atoms with E-state index in [-0.39, 0.29) is 64.6 Å². The van der Waals surface area contributed by atoms with Gasteiger partial charge < -0.3 is 61.1 Å². The molecule has 3 unspecified atom stereocenters. The van der Waals surface area contributed by atoms with Crippen LogP contribution in [0.1, 0.15) is 118 Å². The zero-order chi connectivity index (χ0) is 57.3. The molecule has 2 aromatic heterocycles. The van der Waals surface area contributed by atoms with E-state index in [2.05, 4.69) is 55.2 Å². The number of amides is 2. The van der Waals surface area contributed by atoms with Crippen molar-refractivity contribution in [3.63, 3.8) is 0 Å². The highest BCUT2D eigenvalue weighted by atomic mass is 32.2. The van der Waals surface area contributed by atoms with Crippen LogP contribution in [0.2, 0.25) is 0 Å². The second-order valence-electron chi connectivity index (χ2n) is 23.1. The average Bonchev–Trinajstić information content (AvgIpc) is 4.21. The molecule has 1 saturated heterocycles. The molecule has 30 heteroatoms. The van der Waals surface area contributed by atoms with E-state index in [1.54, 1.807) is 6.92 Å². The van der Waals surface area contributed by atoms with E-state index >= 15 is 0 Å². The molecule has 2 amide bonds. The van der Waals surface area contributed by atoms with Crippen LogP contribution in [0.25, 0.3) is 11.2 Å². The zero-order valence-corrected chi connectivity index (χ0v) is 48.2. The van der Waals surface area contributed by atoms with E-state index in [4.69, 9.17) is 19.5 Å². The number of thioether (sulfide) groups is 1. The van der Waals surface area contributed by atoms with Gasteiger partial charge in [0.25, 0.3) is 0 Å². The number of hydrogen-bond acceptors (Lipinski definition) is 20. The second-order valence-corrected chi connectivity index (χ2v) is 28.4. The summed E-state index contributed by atoms with van der Waals surface area (Å²) in [6.07, 6.45) is 4.28. The summed E-state index contributed by atoms with van der Waals surface area (Å²) in [5, 5.41) is 48.7. The fraction of sp³-hybridized carbons (Fsp3) is 0.792. The third-order valence-corrected chi connectivity index (χ3v) is 21.6. The molecule has 0 bridgehead atoms. The number of aliphatic hydroxyl groups is 4. The maximum absolute atomic E-state index is 13.0. The Bertz CT molecular complexity index is 2660. The van der Waals surface area contributed by atoms with Gasteiger partial charge in [-0.15, -0.1) is 0 Å². The van der Waals surface area contributed by atoms with Crippen LogP contribution in [0.15, 0.2) is 24.3 Å². The molecule has 3 heterocycles. The molecule has 440 valence electrons. The van der Waals surface area contributed by atoms with Gasteiger partial charge in [-0.3, -0.25) is 32.5 Å². The average molecular weight is 1180 g/mol. The number of nitrogens with two attached hydrogens (primary N) is 1. The van der Waals surface area contributed by atoms with Crippen molar-refractivity contribution < 1.29 is 90.7 Å². The fourth-order valence-corrected chi connectivity index (χ4v) is 16.9. The number of ether oxygens (including phenoxy) is 1. The quantitative estimate of drug-likeness (QED) is 0.0402. The summed E-state index contributed by atoms with van der Waals surface area (Å²) < 4.78 is 62.8. The van der Waals surface area contributed by atoms with Crippen molar-refractivity contribution in [2.45, 2.75) is 155 Å². The number of allylic oxidation sites excluding steroid dienone is 1. The van der Waals surface area contributed by atoms with Gasteiger partial charge in [-0.1, -0.05) is 52.5 Å². The Hall–Kier alpha value is -2.78. The van der Waals surface area contributed by atoms with Crippen LogP contribution < -0.4 is 16.4 Å². The van der Waals surface area contributed by atoms with Crippen LogP contribution in [-0.4, -0.2) is 145 Å². The third-order valence-electron chi connectivity index (χ3n) is 17.5. The highest BCUT2D eigenvalue weighted by Crippen LogP contribution is 2.68. The summed E-state index contributed by atoms with van der Waals surface area (Å²) in [7, 11) is -16.5. The van der Waals surface area contributed by atoms with Gasteiger partial charge in [0.05, 0.1) is 31.7 Å². The molecule has 5 aliphatic rings.